The Labute approximate surface area is 236 Å². The number of nitrogens with one attached hydrogen (secondary N) is 1. The van der Waals surface area contributed by atoms with Crippen molar-refractivity contribution in [3.05, 3.63) is 78.1 Å². The molecule has 8 nitrogen and oxygen atoms in total. The van der Waals surface area contributed by atoms with E-state index < -0.39 is 0 Å². The summed E-state index contributed by atoms with van der Waals surface area (Å²) in [5.41, 5.74) is 2.76. The summed E-state index contributed by atoms with van der Waals surface area (Å²) in [6.07, 6.45) is 5.76. The second-order valence-corrected chi connectivity index (χ2v) is 9.54. The number of aryl methyl sites for hydroxylation is 2. The normalized spacial score (nSPS) is 10.9. The van der Waals surface area contributed by atoms with Crippen LogP contribution in [0.2, 0.25) is 0 Å². The van der Waals surface area contributed by atoms with Gasteiger partial charge in [-0.1, -0.05) is 24.6 Å². The van der Waals surface area contributed by atoms with Crippen molar-refractivity contribution in [1.82, 2.24) is 14.9 Å². The van der Waals surface area contributed by atoms with Gasteiger partial charge in [-0.15, -0.1) is 0 Å². The number of amides is 1. The van der Waals surface area contributed by atoms with Crippen LogP contribution in [-0.2, 0) is 13.0 Å². The van der Waals surface area contributed by atoms with Crippen molar-refractivity contribution in [2.75, 3.05) is 34.5 Å². The zero-order chi connectivity index (χ0) is 28.2. The third-order valence-electron chi connectivity index (χ3n) is 6.83. The third kappa shape index (κ3) is 7.68. The molecular weight excluding hydrogens is 506 g/mol. The van der Waals surface area contributed by atoms with Crippen LogP contribution in [0.15, 0.2) is 66.7 Å². The van der Waals surface area contributed by atoms with Crippen molar-refractivity contribution in [2.45, 2.75) is 45.1 Å². The van der Waals surface area contributed by atoms with E-state index in [1.807, 2.05) is 30.3 Å². The predicted molar refractivity (Wildman–Crippen MR) is 157 cm³/mol. The molecule has 3 aromatic carbocycles. The Hall–Kier alpha value is -4.20. The lowest BCUT2D eigenvalue weighted by atomic mass is 10.1. The van der Waals surface area contributed by atoms with Gasteiger partial charge in [0.15, 0.2) is 11.5 Å². The molecule has 0 bridgehead atoms. The molecule has 0 saturated heterocycles. The molecule has 1 heterocycles. The van der Waals surface area contributed by atoms with Gasteiger partial charge in [-0.25, -0.2) is 4.98 Å². The van der Waals surface area contributed by atoms with E-state index in [1.54, 1.807) is 39.5 Å². The number of fused-ring (bicyclic) bond motifs is 1. The maximum absolute atomic E-state index is 12.5. The molecule has 4 rings (SSSR count). The molecular formula is C32H39N3O5. The molecule has 0 atom stereocenters. The van der Waals surface area contributed by atoms with Crippen molar-refractivity contribution in [3.63, 3.8) is 0 Å². The average molecular weight is 546 g/mol. The molecule has 8 heteroatoms. The Kier molecular flexibility index (Phi) is 10.7. The molecule has 0 fully saturated rings. The van der Waals surface area contributed by atoms with Crippen molar-refractivity contribution in [3.8, 4) is 23.0 Å². The first-order valence-electron chi connectivity index (χ1n) is 13.8. The summed E-state index contributed by atoms with van der Waals surface area (Å²) in [4.78, 5) is 17.5. The number of hydrogen-bond acceptors (Lipinski definition) is 6. The number of methoxy groups -OCH3 is 3. The SMILES string of the molecule is COc1cccc(OCCCCn2c(CCCCCNC(=O)c3ccc(OC)c(OC)c3)nc3ccccc32)c1. The molecule has 0 radical (unpaired) electrons. The summed E-state index contributed by atoms with van der Waals surface area (Å²) in [7, 11) is 4.80. The summed E-state index contributed by atoms with van der Waals surface area (Å²) in [5, 5.41) is 3.00. The van der Waals surface area contributed by atoms with Crippen molar-refractivity contribution >= 4 is 16.9 Å². The van der Waals surface area contributed by atoms with Gasteiger partial charge in [0, 0.05) is 31.1 Å². The largest absolute Gasteiger partial charge is 0.497 e. The minimum absolute atomic E-state index is 0.113. The lowest BCUT2D eigenvalue weighted by Gasteiger charge is -2.11. The van der Waals surface area contributed by atoms with E-state index in [4.69, 9.17) is 23.9 Å². The number of benzene rings is 3. The summed E-state index contributed by atoms with van der Waals surface area (Å²) >= 11 is 0. The number of imidazole rings is 1. The summed E-state index contributed by atoms with van der Waals surface area (Å²) < 4.78 is 24.1. The third-order valence-corrected chi connectivity index (χ3v) is 6.83. The molecule has 1 aromatic heterocycles. The highest BCUT2D eigenvalue weighted by Gasteiger charge is 2.12. The van der Waals surface area contributed by atoms with Crippen LogP contribution in [0.1, 0.15) is 48.3 Å². The number of aromatic nitrogens is 2. The maximum atomic E-state index is 12.5. The molecule has 0 aliphatic heterocycles. The number of carbonyl (C=O) groups is 1. The fourth-order valence-electron chi connectivity index (χ4n) is 4.69. The Morgan fingerprint density at radius 2 is 1.62 bits per heavy atom. The predicted octanol–water partition coefficient (Wildman–Crippen LogP) is 6.06. The van der Waals surface area contributed by atoms with Gasteiger partial charge >= 0.3 is 0 Å². The first-order chi connectivity index (χ1) is 19.6. The van der Waals surface area contributed by atoms with E-state index in [9.17, 15) is 4.79 Å². The Morgan fingerprint density at radius 3 is 2.45 bits per heavy atom. The summed E-state index contributed by atoms with van der Waals surface area (Å²) in [5.74, 6) is 3.77. The Balaban J connectivity index is 1.22. The quantitative estimate of drug-likeness (QED) is 0.172. The van der Waals surface area contributed by atoms with Gasteiger partial charge in [-0.05, 0) is 68.1 Å². The van der Waals surface area contributed by atoms with E-state index >= 15 is 0 Å². The number of ether oxygens (including phenoxy) is 4. The van der Waals surface area contributed by atoms with Gasteiger partial charge in [0.25, 0.3) is 5.91 Å². The maximum Gasteiger partial charge on any atom is 0.251 e. The summed E-state index contributed by atoms with van der Waals surface area (Å²) in [6, 6.07) is 21.2. The van der Waals surface area contributed by atoms with E-state index in [2.05, 4.69) is 28.1 Å². The molecule has 212 valence electrons. The van der Waals surface area contributed by atoms with Gasteiger partial charge in [0.05, 0.1) is 39.0 Å². The molecule has 1 amide bonds. The van der Waals surface area contributed by atoms with E-state index in [0.29, 0.717) is 30.2 Å². The number of carbonyl (C=O) groups excluding carboxylic acids is 1. The van der Waals surface area contributed by atoms with Gasteiger partial charge in [0.1, 0.15) is 17.3 Å². The van der Waals surface area contributed by atoms with Crippen LogP contribution in [0, 0.1) is 0 Å². The lowest BCUT2D eigenvalue weighted by Crippen LogP contribution is -2.24. The number of hydrogen-bond donors (Lipinski definition) is 1. The number of unbranched alkanes of at least 4 members (excludes halogenated alkanes) is 3. The number of nitrogens with zero attached hydrogens (tertiary/aromatic N) is 2. The van der Waals surface area contributed by atoms with Gasteiger partial charge < -0.3 is 28.8 Å². The Morgan fingerprint density at radius 1 is 0.800 bits per heavy atom. The fraction of sp³-hybridized carbons (Fsp3) is 0.375. The van der Waals surface area contributed by atoms with Crippen molar-refractivity contribution in [1.29, 1.82) is 0 Å². The molecule has 0 aliphatic carbocycles. The second kappa shape index (κ2) is 14.8. The van der Waals surface area contributed by atoms with Crippen LogP contribution in [-0.4, -0.2) is 49.9 Å². The summed E-state index contributed by atoms with van der Waals surface area (Å²) in [6.45, 7) is 2.18. The molecule has 40 heavy (non-hydrogen) atoms. The van der Waals surface area contributed by atoms with Crippen LogP contribution in [0.5, 0.6) is 23.0 Å². The minimum Gasteiger partial charge on any atom is -0.497 e. The van der Waals surface area contributed by atoms with Crippen LogP contribution < -0.4 is 24.3 Å². The molecule has 0 unspecified atom stereocenters. The van der Waals surface area contributed by atoms with Crippen LogP contribution in [0.25, 0.3) is 11.0 Å². The first kappa shape index (κ1) is 28.8. The molecule has 4 aromatic rings. The number of rotatable bonds is 16. The van der Waals surface area contributed by atoms with Gasteiger partial charge in [-0.3, -0.25) is 4.79 Å². The van der Waals surface area contributed by atoms with Crippen LogP contribution in [0.4, 0.5) is 0 Å². The smallest absolute Gasteiger partial charge is 0.251 e. The van der Waals surface area contributed by atoms with Crippen molar-refractivity contribution in [2.24, 2.45) is 0 Å². The zero-order valence-corrected chi connectivity index (χ0v) is 23.7. The average Bonchev–Trinajstić information content (AvgIpc) is 3.35. The second-order valence-electron chi connectivity index (χ2n) is 9.54. The van der Waals surface area contributed by atoms with E-state index in [0.717, 1.165) is 67.9 Å². The standard InChI is InChI=1S/C32H39N3O5/c1-37-25-12-11-13-26(23-25)40-21-10-9-20-35-28-15-7-6-14-27(28)34-31(35)16-5-4-8-19-33-32(36)24-17-18-29(38-2)30(22-24)39-3/h6-7,11-15,17-18,22-23H,4-5,8-10,16,19-21H2,1-3H3,(H,33,36). The topological polar surface area (TPSA) is 83.8 Å². The highest BCUT2D eigenvalue weighted by molar-refractivity contribution is 5.94. The van der Waals surface area contributed by atoms with Crippen molar-refractivity contribution < 1.29 is 23.7 Å². The molecule has 0 aliphatic rings. The van der Waals surface area contributed by atoms with Gasteiger partial charge in [-0.2, -0.15) is 0 Å². The number of para-hydroxylation sites is 2. The zero-order valence-electron chi connectivity index (χ0n) is 23.7. The highest BCUT2D eigenvalue weighted by atomic mass is 16.5. The lowest BCUT2D eigenvalue weighted by molar-refractivity contribution is 0.0952. The van der Waals surface area contributed by atoms with E-state index in [-0.39, 0.29) is 5.91 Å². The minimum atomic E-state index is -0.113. The van der Waals surface area contributed by atoms with Crippen LogP contribution in [0.3, 0.4) is 0 Å². The highest BCUT2D eigenvalue weighted by Crippen LogP contribution is 2.27. The van der Waals surface area contributed by atoms with E-state index in [1.165, 1.54) is 5.52 Å². The molecule has 1 N–H and O–H groups in total. The monoisotopic (exact) mass is 545 g/mol. The molecule has 0 saturated carbocycles. The van der Waals surface area contributed by atoms with Gasteiger partial charge in [0.2, 0.25) is 0 Å². The Bertz CT molecular complexity index is 1380. The molecule has 0 spiro atoms. The fourth-order valence-corrected chi connectivity index (χ4v) is 4.69. The van der Waals surface area contributed by atoms with Crippen LogP contribution >= 0.6 is 0 Å². The first-order valence-corrected chi connectivity index (χ1v) is 13.8.